The van der Waals surface area contributed by atoms with E-state index < -0.39 is 32.5 Å². The number of quaternary nitrogens is 1. The number of carbonyl (C=O) groups excluding carboxylic acids is 2. The zero-order chi connectivity index (χ0) is 38.6. The van der Waals surface area contributed by atoms with Crippen LogP contribution in [0.4, 0.5) is 0 Å². The molecule has 0 spiro atoms. The third-order valence-corrected chi connectivity index (χ3v) is 9.94. The Labute approximate surface area is 319 Å². The first-order valence-electron chi connectivity index (χ1n) is 21.0. The van der Waals surface area contributed by atoms with Crippen LogP contribution >= 0.6 is 7.82 Å². The van der Waals surface area contributed by atoms with Crippen LogP contribution in [0, 0.1) is 0 Å². The number of ether oxygens (including phenoxy) is 2. The molecule has 0 saturated carbocycles. The molecular formula is C42H80NO8P. The average Bonchev–Trinajstić information content (AvgIpc) is 3.09. The van der Waals surface area contributed by atoms with Gasteiger partial charge in [-0.3, -0.25) is 14.2 Å². The highest BCUT2D eigenvalue weighted by molar-refractivity contribution is 7.45. The smallest absolute Gasteiger partial charge is 0.310 e. The molecule has 0 aromatic carbocycles. The van der Waals surface area contributed by atoms with Crippen molar-refractivity contribution in [1.82, 2.24) is 0 Å². The van der Waals surface area contributed by atoms with E-state index in [4.69, 9.17) is 18.5 Å². The van der Waals surface area contributed by atoms with Crippen molar-refractivity contribution in [3.63, 3.8) is 0 Å². The van der Waals surface area contributed by atoms with Crippen LogP contribution in [0.15, 0.2) is 24.3 Å². The van der Waals surface area contributed by atoms with Crippen LogP contribution in [0.25, 0.3) is 0 Å². The summed E-state index contributed by atoms with van der Waals surface area (Å²) < 4.78 is 33.7. The first-order valence-corrected chi connectivity index (χ1v) is 22.5. The molecule has 0 heterocycles. The molecule has 0 rings (SSSR count). The molecule has 0 fully saturated rings. The van der Waals surface area contributed by atoms with Crippen molar-refractivity contribution >= 4 is 19.8 Å². The van der Waals surface area contributed by atoms with E-state index in [0.29, 0.717) is 17.4 Å². The molecule has 0 bridgehead atoms. The topological polar surface area (TPSA) is 111 Å². The lowest BCUT2D eigenvalue weighted by Gasteiger charge is -2.28. The van der Waals surface area contributed by atoms with Gasteiger partial charge in [0.05, 0.1) is 34.2 Å². The Morgan fingerprint density at radius 1 is 0.596 bits per heavy atom. The number of phosphoric ester groups is 1. The van der Waals surface area contributed by atoms with Crippen LogP contribution in [0.5, 0.6) is 0 Å². The van der Waals surface area contributed by atoms with E-state index in [-0.39, 0.29) is 26.1 Å². The Morgan fingerprint density at radius 3 is 1.52 bits per heavy atom. The summed E-state index contributed by atoms with van der Waals surface area (Å²) in [5.74, 6) is -0.938. The van der Waals surface area contributed by atoms with Crippen LogP contribution in [0.1, 0.15) is 181 Å². The van der Waals surface area contributed by atoms with Gasteiger partial charge in [0, 0.05) is 6.42 Å². The molecule has 0 aliphatic carbocycles. The van der Waals surface area contributed by atoms with Gasteiger partial charge in [-0.05, 0) is 44.9 Å². The number of phosphoric acid groups is 1. The zero-order valence-corrected chi connectivity index (χ0v) is 35.2. The Bertz CT molecular complexity index is 949. The standard InChI is InChI=1S/C42H80NO8P/c1-6-8-10-12-14-16-18-20-21-23-24-26-28-30-32-34-41(44)48-38-40(39-50-52(46,47)49-37-36-43(3,4)5)51-42(45)35-33-31-29-27-25-22-19-17-15-13-11-9-7-2/h20-21,31,33,40H,6-19,22-30,32,34-39H2,1-5H3/b21-20-,33-31+. The summed E-state index contributed by atoms with van der Waals surface area (Å²) in [4.78, 5) is 37.4. The van der Waals surface area contributed by atoms with Crippen LogP contribution in [-0.2, 0) is 32.7 Å². The number of likely N-dealkylation sites (N-methyl/N-ethyl adjacent to an activating group) is 1. The highest BCUT2D eigenvalue weighted by Crippen LogP contribution is 2.38. The van der Waals surface area contributed by atoms with E-state index in [2.05, 4.69) is 26.0 Å². The van der Waals surface area contributed by atoms with Crippen molar-refractivity contribution in [3.8, 4) is 0 Å². The largest absolute Gasteiger partial charge is 0.756 e. The minimum Gasteiger partial charge on any atom is -0.756 e. The number of nitrogens with zero attached hydrogens (tertiary/aromatic N) is 1. The molecule has 0 aromatic heterocycles. The van der Waals surface area contributed by atoms with E-state index in [1.54, 1.807) is 6.08 Å². The Balaban J connectivity index is 4.43. The van der Waals surface area contributed by atoms with Gasteiger partial charge in [-0.15, -0.1) is 0 Å². The lowest BCUT2D eigenvalue weighted by molar-refractivity contribution is -0.870. The van der Waals surface area contributed by atoms with Gasteiger partial charge in [0.15, 0.2) is 6.10 Å². The Kier molecular flexibility index (Phi) is 34.2. The number of hydrogen-bond donors (Lipinski definition) is 0. The van der Waals surface area contributed by atoms with Gasteiger partial charge >= 0.3 is 11.9 Å². The molecule has 0 aromatic rings. The summed E-state index contributed by atoms with van der Waals surface area (Å²) in [5, 5.41) is 0. The second-order valence-corrected chi connectivity index (χ2v) is 16.8. The molecule has 0 aliphatic heterocycles. The third kappa shape index (κ3) is 38.2. The maximum atomic E-state index is 12.6. The number of carbonyl (C=O) groups is 2. The summed E-state index contributed by atoms with van der Waals surface area (Å²) in [7, 11) is 1.14. The van der Waals surface area contributed by atoms with Crippen LogP contribution in [0.2, 0.25) is 0 Å². The maximum Gasteiger partial charge on any atom is 0.310 e. The first-order chi connectivity index (χ1) is 25.0. The zero-order valence-electron chi connectivity index (χ0n) is 34.3. The van der Waals surface area contributed by atoms with Crippen molar-refractivity contribution in [2.75, 3.05) is 47.5 Å². The molecular weight excluding hydrogens is 677 g/mol. The number of rotatable bonds is 38. The second-order valence-electron chi connectivity index (χ2n) is 15.4. The molecule has 0 aliphatic rings. The number of esters is 2. The fourth-order valence-corrected chi connectivity index (χ4v) is 6.36. The summed E-state index contributed by atoms with van der Waals surface area (Å²) >= 11 is 0. The highest BCUT2D eigenvalue weighted by atomic mass is 31.2. The number of allylic oxidation sites excluding steroid dienone is 3. The molecule has 0 radical (unpaired) electrons. The fraction of sp³-hybridized carbons (Fsp3) is 0.857. The normalized spacial score (nSPS) is 13.9. The molecule has 10 heteroatoms. The summed E-state index contributed by atoms with van der Waals surface area (Å²) in [6.07, 6.45) is 36.5. The predicted molar refractivity (Wildman–Crippen MR) is 213 cm³/mol. The van der Waals surface area contributed by atoms with Crippen molar-refractivity contribution in [2.24, 2.45) is 0 Å². The monoisotopic (exact) mass is 758 g/mol. The highest BCUT2D eigenvalue weighted by Gasteiger charge is 2.21. The summed E-state index contributed by atoms with van der Waals surface area (Å²) in [5.41, 5.74) is 0. The number of unbranched alkanes of at least 4 members (excludes halogenated alkanes) is 21. The van der Waals surface area contributed by atoms with Gasteiger partial charge in [-0.25, -0.2) is 0 Å². The van der Waals surface area contributed by atoms with Gasteiger partial charge in [0.1, 0.15) is 19.8 Å². The molecule has 0 saturated heterocycles. The molecule has 2 atom stereocenters. The van der Waals surface area contributed by atoms with Gasteiger partial charge in [-0.1, -0.05) is 147 Å². The third-order valence-electron chi connectivity index (χ3n) is 8.98. The second kappa shape index (κ2) is 35.2. The summed E-state index contributed by atoms with van der Waals surface area (Å²) in [6.45, 7) is 4.15. The van der Waals surface area contributed by atoms with Gasteiger partial charge in [0.2, 0.25) is 0 Å². The SMILES string of the molecule is CCCCCCCC/C=C\CCCCCCCC(=O)OCC(COP(=O)([O-])OCC[N+](C)(C)C)OC(=O)C/C=C/CCCCCCCCCCCC. The maximum absolute atomic E-state index is 12.6. The predicted octanol–water partition coefficient (Wildman–Crippen LogP) is 10.9. The van der Waals surface area contributed by atoms with Crippen molar-refractivity contribution in [1.29, 1.82) is 0 Å². The lowest BCUT2D eigenvalue weighted by Crippen LogP contribution is -2.37. The Morgan fingerprint density at radius 2 is 1.04 bits per heavy atom. The quantitative estimate of drug-likeness (QED) is 0.0201. The van der Waals surface area contributed by atoms with E-state index in [1.165, 1.54) is 103 Å². The molecule has 2 unspecified atom stereocenters. The molecule has 52 heavy (non-hydrogen) atoms. The van der Waals surface area contributed by atoms with Crippen molar-refractivity contribution in [2.45, 2.75) is 187 Å². The van der Waals surface area contributed by atoms with Crippen LogP contribution in [0.3, 0.4) is 0 Å². The van der Waals surface area contributed by atoms with E-state index in [9.17, 15) is 19.0 Å². The first kappa shape index (κ1) is 50.5. The van der Waals surface area contributed by atoms with Crippen LogP contribution in [-0.4, -0.2) is 70.0 Å². The molecule has 306 valence electrons. The molecule has 9 nitrogen and oxygen atoms in total. The van der Waals surface area contributed by atoms with Gasteiger partial charge in [-0.2, -0.15) is 0 Å². The number of hydrogen-bond acceptors (Lipinski definition) is 8. The molecule has 0 amide bonds. The van der Waals surface area contributed by atoms with E-state index in [1.807, 2.05) is 27.2 Å². The van der Waals surface area contributed by atoms with Gasteiger partial charge < -0.3 is 27.9 Å². The van der Waals surface area contributed by atoms with E-state index in [0.717, 1.165) is 44.9 Å². The van der Waals surface area contributed by atoms with E-state index >= 15 is 0 Å². The van der Waals surface area contributed by atoms with Crippen molar-refractivity contribution in [3.05, 3.63) is 24.3 Å². The average molecular weight is 758 g/mol. The minimum absolute atomic E-state index is 0.0382. The summed E-state index contributed by atoms with van der Waals surface area (Å²) in [6, 6.07) is 0. The lowest BCUT2D eigenvalue weighted by atomic mass is 10.1. The minimum atomic E-state index is -4.63. The van der Waals surface area contributed by atoms with Crippen molar-refractivity contribution < 1.29 is 42.1 Å². The van der Waals surface area contributed by atoms with Gasteiger partial charge in [0.25, 0.3) is 7.82 Å². The Hall–Kier alpha value is -1.51. The van der Waals surface area contributed by atoms with Crippen LogP contribution < -0.4 is 4.89 Å². The molecule has 0 N–H and O–H groups in total. The fourth-order valence-electron chi connectivity index (χ4n) is 5.63.